The number of hydrogen-bond acceptors (Lipinski definition) is 2. The molecule has 2 aliphatic rings. The molecule has 2 rings (SSSR count). The molecule has 5 heteroatoms. The molecule has 0 heterocycles. The Kier molecular flexibility index (Phi) is 5.68. The maximum atomic E-state index is 12.0. The first kappa shape index (κ1) is 15.1. The number of carboxylic acid groups (broad SMARTS) is 1. The zero-order valence-electron chi connectivity index (χ0n) is 12.1. The molecule has 0 aromatic heterocycles. The van der Waals surface area contributed by atoms with Crippen LogP contribution in [0.15, 0.2) is 0 Å². The minimum Gasteiger partial charge on any atom is -0.481 e. The number of hydrogen-bond donors (Lipinski definition) is 3. The fraction of sp³-hybridized carbons (Fsp3) is 0.867. The lowest BCUT2D eigenvalue weighted by atomic mass is 9.84. The molecule has 20 heavy (non-hydrogen) atoms. The van der Waals surface area contributed by atoms with Crippen molar-refractivity contribution < 1.29 is 14.7 Å². The highest BCUT2D eigenvalue weighted by Crippen LogP contribution is 2.24. The second-order valence-electron chi connectivity index (χ2n) is 6.14. The molecule has 0 bridgehead atoms. The number of carboxylic acids is 1. The van der Waals surface area contributed by atoms with Crippen LogP contribution in [0.4, 0.5) is 4.79 Å². The Labute approximate surface area is 120 Å². The largest absolute Gasteiger partial charge is 0.481 e. The molecule has 3 N–H and O–H groups in total. The van der Waals surface area contributed by atoms with Crippen LogP contribution in [-0.4, -0.2) is 29.2 Å². The minimum atomic E-state index is -0.788. The van der Waals surface area contributed by atoms with Crippen molar-refractivity contribution in [2.45, 2.75) is 76.3 Å². The van der Waals surface area contributed by atoms with Crippen molar-refractivity contribution in [3.63, 3.8) is 0 Å². The molecule has 2 saturated carbocycles. The van der Waals surface area contributed by atoms with Crippen molar-refractivity contribution in [3.8, 4) is 0 Å². The fourth-order valence-corrected chi connectivity index (χ4v) is 3.42. The molecular weight excluding hydrogens is 256 g/mol. The lowest BCUT2D eigenvalue weighted by Gasteiger charge is -2.30. The van der Waals surface area contributed by atoms with Crippen molar-refractivity contribution in [2.24, 2.45) is 5.92 Å². The molecule has 2 atom stereocenters. The van der Waals surface area contributed by atoms with Crippen LogP contribution in [0.25, 0.3) is 0 Å². The summed E-state index contributed by atoms with van der Waals surface area (Å²) >= 11 is 0. The summed E-state index contributed by atoms with van der Waals surface area (Å²) < 4.78 is 0. The van der Waals surface area contributed by atoms with Gasteiger partial charge in [-0.1, -0.05) is 38.5 Å². The van der Waals surface area contributed by atoms with E-state index in [-0.39, 0.29) is 18.1 Å². The lowest BCUT2D eigenvalue weighted by molar-refractivity contribution is -0.143. The summed E-state index contributed by atoms with van der Waals surface area (Å²) in [7, 11) is 0. The van der Waals surface area contributed by atoms with Crippen LogP contribution in [0, 0.1) is 5.92 Å². The predicted molar refractivity (Wildman–Crippen MR) is 76.5 cm³/mol. The van der Waals surface area contributed by atoms with Crippen molar-refractivity contribution in [3.05, 3.63) is 0 Å². The Morgan fingerprint density at radius 1 is 0.800 bits per heavy atom. The summed E-state index contributed by atoms with van der Waals surface area (Å²) in [6.07, 6.45) is 10.3. The van der Waals surface area contributed by atoms with Crippen molar-refractivity contribution in [2.75, 3.05) is 0 Å². The molecule has 114 valence electrons. The van der Waals surface area contributed by atoms with Gasteiger partial charge >= 0.3 is 12.0 Å². The molecule has 2 amide bonds. The summed E-state index contributed by atoms with van der Waals surface area (Å²) in [5, 5.41) is 15.1. The molecular formula is C15H26N2O3. The molecule has 0 spiro atoms. The van der Waals surface area contributed by atoms with E-state index in [1.807, 2.05) is 0 Å². The van der Waals surface area contributed by atoms with Gasteiger partial charge in [0.05, 0.1) is 5.92 Å². The van der Waals surface area contributed by atoms with Crippen LogP contribution in [-0.2, 0) is 4.79 Å². The number of urea groups is 1. The van der Waals surface area contributed by atoms with E-state index >= 15 is 0 Å². The van der Waals surface area contributed by atoms with Crippen LogP contribution in [0.5, 0.6) is 0 Å². The topological polar surface area (TPSA) is 78.4 Å². The molecule has 5 nitrogen and oxygen atoms in total. The summed E-state index contributed by atoms with van der Waals surface area (Å²) in [4.78, 5) is 23.3. The average Bonchev–Trinajstić information content (AvgIpc) is 2.67. The zero-order chi connectivity index (χ0) is 14.4. The maximum Gasteiger partial charge on any atom is 0.315 e. The minimum absolute atomic E-state index is 0.185. The zero-order valence-corrected chi connectivity index (χ0v) is 12.1. The maximum absolute atomic E-state index is 12.0. The van der Waals surface area contributed by atoms with Gasteiger partial charge in [-0.05, 0) is 25.7 Å². The monoisotopic (exact) mass is 282 g/mol. The van der Waals surface area contributed by atoms with Crippen LogP contribution in [0.3, 0.4) is 0 Å². The van der Waals surface area contributed by atoms with Crippen LogP contribution < -0.4 is 10.6 Å². The highest BCUT2D eigenvalue weighted by Gasteiger charge is 2.32. The summed E-state index contributed by atoms with van der Waals surface area (Å²) in [6.45, 7) is 0. The number of amides is 2. The Hall–Kier alpha value is -1.26. The van der Waals surface area contributed by atoms with Gasteiger partial charge < -0.3 is 15.7 Å². The van der Waals surface area contributed by atoms with Gasteiger partial charge in [0.1, 0.15) is 0 Å². The highest BCUT2D eigenvalue weighted by atomic mass is 16.4. The summed E-state index contributed by atoms with van der Waals surface area (Å²) in [5.41, 5.74) is 0. The normalized spacial score (nSPS) is 28.4. The quantitative estimate of drug-likeness (QED) is 0.696. The fourth-order valence-electron chi connectivity index (χ4n) is 3.42. The molecule has 0 aliphatic heterocycles. The molecule has 0 radical (unpaired) electrons. The van der Waals surface area contributed by atoms with E-state index in [1.165, 1.54) is 25.7 Å². The molecule has 2 unspecified atom stereocenters. The van der Waals surface area contributed by atoms with E-state index in [0.29, 0.717) is 6.42 Å². The van der Waals surface area contributed by atoms with Gasteiger partial charge in [0.25, 0.3) is 0 Å². The Bertz CT molecular complexity index is 338. The Balaban J connectivity index is 1.81. The van der Waals surface area contributed by atoms with E-state index in [9.17, 15) is 14.7 Å². The number of carbonyl (C=O) groups excluding carboxylic acids is 1. The number of nitrogens with one attached hydrogen (secondary N) is 2. The van der Waals surface area contributed by atoms with Crippen molar-refractivity contribution >= 4 is 12.0 Å². The molecule has 0 aromatic rings. The van der Waals surface area contributed by atoms with Crippen LogP contribution in [0.2, 0.25) is 0 Å². The predicted octanol–water partition coefficient (Wildman–Crippen LogP) is 2.65. The Morgan fingerprint density at radius 3 is 2.05 bits per heavy atom. The Morgan fingerprint density at radius 2 is 1.40 bits per heavy atom. The first-order valence-electron chi connectivity index (χ1n) is 7.96. The van der Waals surface area contributed by atoms with Gasteiger partial charge in [-0.15, -0.1) is 0 Å². The van der Waals surface area contributed by atoms with E-state index in [0.717, 1.165) is 32.1 Å². The number of rotatable bonds is 3. The second-order valence-corrected chi connectivity index (χ2v) is 6.14. The average molecular weight is 282 g/mol. The third-order valence-corrected chi connectivity index (χ3v) is 4.59. The van der Waals surface area contributed by atoms with Gasteiger partial charge in [-0.25, -0.2) is 4.79 Å². The van der Waals surface area contributed by atoms with E-state index in [1.54, 1.807) is 0 Å². The van der Waals surface area contributed by atoms with Crippen LogP contribution >= 0.6 is 0 Å². The number of aliphatic carboxylic acids is 1. The third kappa shape index (κ3) is 4.39. The van der Waals surface area contributed by atoms with E-state index in [2.05, 4.69) is 10.6 Å². The molecule has 0 aromatic carbocycles. The smallest absolute Gasteiger partial charge is 0.315 e. The summed E-state index contributed by atoms with van der Waals surface area (Å²) in [5.74, 6) is -1.21. The first-order valence-corrected chi connectivity index (χ1v) is 7.96. The van der Waals surface area contributed by atoms with Gasteiger partial charge in [0, 0.05) is 12.1 Å². The summed E-state index contributed by atoms with van der Waals surface area (Å²) in [6, 6.07) is -0.147. The van der Waals surface area contributed by atoms with Gasteiger partial charge in [0.15, 0.2) is 0 Å². The molecule has 0 saturated heterocycles. The second kappa shape index (κ2) is 7.50. The van der Waals surface area contributed by atoms with Gasteiger partial charge in [0.2, 0.25) is 0 Å². The van der Waals surface area contributed by atoms with E-state index < -0.39 is 11.9 Å². The third-order valence-electron chi connectivity index (χ3n) is 4.59. The van der Waals surface area contributed by atoms with Gasteiger partial charge in [-0.2, -0.15) is 0 Å². The number of carbonyl (C=O) groups is 2. The molecule has 2 aliphatic carbocycles. The first-order chi connectivity index (χ1) is 9.66. The highest BCUT2D eigenvalue weighted by molar-refractivity contribution is 5.77. The molecule has 2 fully saturated rings. The van der Waals surface area contributed by atoms with Crippen LogP contribution in [0.1, 0.15) is 64.2 Å². The lowest BCUT2D eigenvalue weighted by Crippen LogP contribution is -2.50. The van der Waals surface area contributed by atoms with E-state index in [4.69, 9.17) is 0 Å². The van der Waals surface area contributed by atoms with Crippen molar-refractivity contribution in [1.29, 1.82) is 0 Å². The SMILES string of the molecule is O=C(NC1CCCCCC1)NC1CCCCC1C(=O)O. The van der Waals surface area contributed by atoms with Gasteiger partial charge in [-0.3, -0.25) is 4.79 Å². The van der Waals surface area contributed by atoms with Crippen molar-refractivity contribution in [1.82, 2.24) is 10.6 Å². The standard InChI is InChI=1S/C15H26N2O3/c18-14(19)12-9-5-6-10-13(12)17-15(20)16-11-7-3-1-2-4-8-11/h11-13H,1-10H2,(H,18,19)(H2,16,17,20).